The van der Waals surface area contributed by atoms with E-state index in [0.29, 0.717) is 0 Å². The Hall–Kier alpha value is -1.90. The summed E-state index contributed by atoms with van der Waals surface area (Å²) in [5, 5.41) is 5.25. The smallest absolute Gasteiger partial charge is 0.0155 e. The van der Waals surface area contributed by atoms with Gasteiger partial charge in [0.1, 0.15) is 0 Å². The summed E-state index contributed by atoms with van der Waals surface area (Å²) < 4.78 is 0. The summed E-state index contributed by atoms with van der Waals surface area (Å²) in [6.45, 7) is 0. The van der Waals surface area contributed by atoms with Crippen LogP contribution >= 0.6 is 23.5 Å². The molecule has 0 spiro atoms. The van der Waals surface area contributed by atoms with Crippen molar-refractivity contribution in [1.29, 1.82) is 0 Å². The zero-order valence-electron chi connectivity index (χ0n) is 13.7. The van der Waals surface area contributed by atoms with Gasteiger partial charge in [-0.05, 0) is 46.2 Å². The van der Waals surface area contributed by atoms with Gasteiger partial charge in [-0.1, -0.05) is 60.7 Å². The summed E-state index contributed by atoms with van der Waals surface area (Å²) in [4.78, 5) is 2.67. The number of hydrogen-bond acceptors (Lipinski definition) is 2. The molecule has 0 N–H and O–H groups in total. The third-order valence-electron chi connectivity index (χ3n) is 4.47. The second kappa shape index (κ2) is 6.54. The minimum atomic E-state index is 1.30. The Morgan fingerprint density at radius 1 is 0.500 bits per heavy atom. The molecule has 24 heavy (non-hydrogen) atoms. The van der Waals surface area contributed by atoms with Gasteiger partial charge in [-0.2, -0.15) is 0 Å². The van der Waals surface area contributed by atoms with E-state index in [1.807, 2.05) is 23.5 Å². The lowest BCUT2D eigenvalue weighted by Gasteiger charge is -2.17. The van der Waals surface area contributed by atoms with E-state index in [2.05, 4.69) is 85.3 Å². The molecule has 0 radical (unpaired) electrons. The summed E-state index contributed by atoms with van der Waals surface area (Å²) in [5.74, 6) is 0. The van der Waals surface area contributed by atoms with Crippen molar-refractivity contribution in [1.82, 2.24) is 0 Å². The second-order valence-electron chi connectivity index (χ2n) is 5.73. The molecule has 0 aliphatic carbocycles. The van der Waals surface area contributed by atoms with E-state index in [1.165, 1.54) is 42.5 Å². The van der Waals surface area contributed by atoms with Gasteiger partial charge in [0.2, 0.25) is 0 Å². The van der Waals surface area contributed by atoms with Gasteiger partial charge in [0, 0.05) is 20.9 Å². The highest BCUT2D eigenvalue weighted by Crippen LogP contribution is 2.44. The number of benzene rings is 4. The van der Waals surface area contributed by atoms with Gasteiger partial charge in [0.15, 0.2) is 0 Å². The van der Waals surface area contributed by atoms with Crippen molar-refractivity contribution in [2.24, 2.45) is 0 Å². The van der Waals surface area contributed by atoms with Crippen LogP contribution in [0.5, 0.6) is 0 Å². The summed E-state index contributed by atoms with van der Waals surface area (Å²) in [6, 6.07) is 26.4. The van der Waals surface area contributed by atoms with Crippen molar-refractivity contribution in [2.75, 3.05) is 12.5 Å². The Kier molecular flexibility index (Phi) is 4.26. The average Bonchev–Trinajstić information content (AvgIpc) is 2.66. The number of rotatable bonds is 3. The van der Waals surface area contributed by atoms with Crippen LogP contribution in [0.3, 0.4) is 0 Å². The van der Waals surface area contributed by atoms with E-state index in [-0.39, 0.29) is 0 Å². The van der Waals surface area contributed by atoms with Crippen molar-refractivity contribution < 1.29 is 0 Å². The second-order valence-corrected chi connectivity index (χ2v) is 7.42. The predicted molar refractivity (Wildman–Crippen MR) is 110 cm³/mol. The van der Waals surface area contributed by atoms with E-state index < -0.39 is 0 Å². The minimum absolute atomic E-state index is 1.30. The van der Waals surface area contributed by atoms with Gasteiger partial charge in [0.05, 0.1) is 0 Å². The lowest BCUT2D eigenvalue weighted by atomic mass is 9.94. The lowest BCUT2D eigenvalue weighted by Crippen LogP contribution is -1.90. The summed E-state index contributed by atoms with van der Waals surface area (Å²) in [5.41, 5.74) is 2.73. The summed E-state index contributed by atoms with van der Waals surface area (Å²) in [6.07, 6.45) is 4.33. The Morgan fingerprint density at radius 3 is 1.33 bits per heavy atom. The normalized spacial score (nSPS) is 11.2. The molecule has 0 saturated carbocycles. The topological polar surface area (TPSA) is 0 Å². The van der Waals surface area contributed by atoms with Gasteiger partial charge in [-0.25, -0.2) is 0 Å². The quantitative estimate of drug-likeness (QED) is 0.363. The molecule has 118 valence electrons. The van der Waals surface area contributed by atoms with Crippen LogP contribution in [0.25, 0.3) is 32.7 Å². The van der Waals surface area contributed by atoms with Crippen molar-refractivity contribution >= 4 is 45.1 Å². The van der Waals surface area contributed by atoms with E-state index in [0.717, 1.165) is 0 Å². The van der Waals surface area contributed by atoms with Crippen LogP contribution in [-0.2, 0) is 0 Å². The highest BCUT2D eigenvalue weighted by Gasteiger charge is 2.16. The largest absolute Gasteiger partial charge is 0.129 e. The molecule has 0 heterocycles. The van der Waals surface area contributed by atoms with Crippen molar-refractivity contribution in [3.8, 4) is 11.1 Å². The molecule has 4 aromatic rings. The third kappa shape index (κ3) is 2.51. The first-order valence-corrected chi connectivity index (χ1v) is 10.4. The molecule has 0 nitrogen and oxygen atoms in total. The van der Waals surface area contributed by atoms with Gasteiger partial charge in [-0.3, -0.25) is 0 Å². The highest BCUT2D eigenvalue weighted by atomic mass is 32.2. The van der Waals surface area contributed by atoms with Gasteiger partial charge in [-0.15, -0.1) is 23.5 Å². The fourth-order valence-corrected chi connectivity index (χ4v) is 4.60. The lowest BCUT2D eigenvalue weighted by molar-refractivity contribution is 1.43. The molecule has 0 aliphatic heterocycles. The molecule has 0 aliphatic rings. The van der Waals surface area contributed by atoms with Crippen molar-refractivity contribution in [3.05, 3.63) is 72.8 Å². The van der Waals surface area contributed by atoms with Crippen LogP contribution in [-0.4, -0.2) is 12.5 Å². The zero-order valence-corrected chi connectivity index (χ0v) is 15.4. The predicted octanol–water partition coefficient (Wildman–Crippen LogP) is 7.10. The first-order valence-electron chi connectivity index (χ1n) is 7.95. The maximum absolute atomic E-state index is 2.26. The standard InChI is InChI=1S/C22H18S2/c1-23-19-13-11-15-7-3-5-9-17(15)21(19)22-18-10-6-4-8-16(18)12-14-20(22)24-2/h3-14H,1-2H3. The fraction of sp³-hybridized carbons (Fsp3) is 0.0909. The fourth-order valence-electron chi connectivity index (χ4n) is 3.36. The van der Waals surface area contributed by atoms with E-state index in [4.69, 9.17) is 0 Å². The molecule has 0 aromatic heterocycles. The van der Waals surface area contributed by atoms with Crippen molar-refractivity contribution in [3.63, 3.8) is 0 Å². The molecule has 0 amide bonds. The van der Waals surface area contributed by atoms with Crippen LogP contribution in [0.15, 0.2) is 82.6 Å². The molecule has 0 atom stereocenters. The Morgan fingerprint density at radius 2 is 0.917 bits per heavy atom. The Balaban J connectivity index is 2.21. The summed E-state index contributed by atoms with van der Waals surface area (Å²) in [7, 11) is 0. The molecular formula is C22H18S2. The maximum atomic E-state index is 2.26. The van der Waals surface area contributed by atoms with Crippen LogP contribution in [0, 0.1) is 0 Å². The monoisotopic (exact) mass is 346 g/mol. The van der Waals surface area contributed by atoms with E-state index in [1.54, 1.807) is 0 Å². The van der Waals surface area contributed by atoms with E-state index >= 15 is 0 Å². The maximum Gasteiger partial charge on any atom is 0.0155 e. The molecule has 2 heteroatoms. The van der Waals surface area contributed by atoms with Gasteiger partial charge < -0.3 is 0 Å². The van der Waals surface area contributed by atoms with Crippen LogP contribution in [0.4, 0.5) is 0 Å². The van der Waals surface area contributed by atoms with Crippen molar-refractivity contribution in [2.45, 2.75) is 9.79 Å². The van der Waals surface area contributed by atoms with Gasteiger partial charge in [0.25, 0.3) is 0 Å². The first kappa shape index (κ1) is 15.6. The first-order chi connectivity index (χ1) is 11.8. The molecule has 0 unspecified atom stereocenters. The molecule has 0 bridgehead atoms. The average molecular weight is 347 g/mol. The van der Waals surface area contributed by atoms with Crippen LogP contribution in [0.1, 0.15) is 0 Å². The number of hydrogen-bond donors (Lipinski definition) is 0. The minimum Gasteiger partial charge on any atom is -0.129 e. The van der Waals surface area contributed by atoms with Crippen LogP contribution < -0.4 is 0 Å². The molecule has 4 aromatic carbocycles. The molecule has 0 fully saturated rings. The molecular weight excluding hydrogens is 328 g/mol. The third-order valence-corrected chi connectivity index (χ3v) is 6.03. The highest BCUT2D eigenvalue weighted by molar-refractivity contribution is 7.99. The van der Waals surface area contributed by atoms with Crippen LogP contribution in [0.2, 0.25) is 0 Å². The zero-order chi connectivity index (χ0) is 16.5. The summed E-state index contributed by atoms with van der Waals surface area (Å²) >= 11 is 3.65. The van der Waals surface area contributed by atoms with Gasteiger partial charge >= 0.3 is 0 Å². The SMILES string of the molecule is CSc1ccc2ccccc2c1-c1c(SC)ccc2ccccc12. The molecule has 4 rings (SSSR count). The Bertz CT molecular complexity index is 949. The number of fused-ring (bicyclic) bond motifs is 2. The number of thioether (sulfide) groups is 2. The Labute approximate surface area is 151 Å². The van der Waals surface area contributed by atoms with E-state index in [9.17, 15) is 0 Å². The molecule has 0 saturated heterocycles.